The smallest absolute Gasteiger partial charge is 0.309 e. The summed E-state index contributed by atoms with van der Waals surface area (Å²) in [6.07, 6.45) is -3.76. The van der Waals surface area contributed by atoms with Crippen LogP contribution in [0.15, 0.2) is 24.3 Å². The molecule has 0 radical (unpaired) electrons. The van der Waals surface area contributed by atoms with Crippen molar-refractivity contribution in [3.8, 4) is 0 Å². The zero-order chi connectivity index (χ0) is 12.3. The number of aliphatic hydroxyl groups excluding tert-OH is 1. The number of rotatable bonds is 4. The van der Waals surface area contributed by atoms with E-state index in [4.69, 9.17) is 5.11 Å². The van der Waals surface area contributed by atoms with Gasteiger partial charge in [0.2, 0.25) is 0 Å². The number of aliphatic carboxylic acids is 1. The van der Waals surface area contributed by atoms with Crippen molar-refractivity contribution >= 4 is 5.97 Å². The lowest BCUT2D eigenvalue weighted by atomic mass is 9.97. The van der Waals surface area contributed by atoms with E-state index in [0.29, 0.717) is 5.56 Å². The van der Waals surface area contributed by atoms with Gasteiger partial charge in [-0.05, 0) is 12.5 Å². The molecule has 0 heterocycles. The monoisotopic (exact) mass is 230 g/mol. The average molecular weight is 230 g/mol. The van der Waals surface area contributed by atoms with Crippen LogP contribution in [0.5, 0.6) is 0 Å². The van der Waals surface area contributed by atoms with Gasteiger partial charge in [-0.1, -0.05) is 24.3 Å². The second-order valence-corrected chi connectivity index (χ2v) is 3.54. The molecule has 1 aromatic rings. The molecule has 1 rings (SSSR count). The Morgan fingerprint density at radius 1 is 1.19 bits per heavy atom. The fraction of sp³-hybridized carbons (Fsp3) is 0.364. The summed E-state index contributed by atoms with van der Waals surface area (Å²) < 4.78 is 24.5. The number of aliphatic hydroxyl groups is 1. The lowest BCUT2D eigenvalue weighted by Crippen LogP contribution is -2.18. The quantitative estimate of drug-likeness (QED) is 0.834. The zero-order valence-electron chi connectivity index (χ0n) is 8.60. The minimum absolute atomic E-state index is 0.154. The van der Waals surface area contributed by atoms with Gasteiger partial charge in [0, 0.05) is 5.56 Å². The molecule has 0 amide bonds. The van der Waals surface area contributed by atoms with Crippen molar-refractivity contribution in [2.45, 2.75) is 19.5 Å². The number of carboxylic acid groups (broad SMARTS) is 1. The zero-order valence-corrected chi connectivity index (χ0v) is 8.60. The van der Waals surface area contributed by atoms with Gasteiger partial charge >= 0.3 is 5.97 Å². The molecule has 0 aromatic heterocycles. The molecule has 0 bridgehead atoms. The molecule has 0 saturated heterocycles. The maximum atomic E-state index is 12.2. The third kappa shape index (κ3) is 2.76. The molecule has 3 nitrogen and oxygen atoms in total. The van der Waals surface area contributed by atoms with E-state index in [2.05, 4.69) is 0 Å². The van der Waals surface area contributed by atoms with Crippen LogP contribution in [0.25, 0.3) is 0 Å². The number of hydrogen-bond acceptors (Lipinski definition) is 2. The normalized spacial score (nSPS) is 14.8. The van der Waals surface area contributed by atoms with Crippen LogP contribution in [0.2, 0.25) is 0 Å². The maximum Gasteiger partial charge on any atom is 0.309 e. The highest BCUT2D eigenvalue weighted by atomic mass is 19.3. The Morgan fingerprint density at radius 2 is 1.62 bits per heavy atom. The highest BCUT2D eigenvalue weighted by molar-refractivity contribution is 5.70. The van der Waals surface area contributed by atoms with Gasteiger partial charge in [0.15, 0.2) is 0 Å². The number of benzene rings is 1. The van der Waals surface area contributed by atoms with E-state index in [9.17, 15) is 18.7 Å². The van der Waals surface area contributed by atoms with Crippen LogP contribution in [0.4, 0.5) is 8.78 Å². The minimum Gasteiger partial charge on any atom is -0.481 e. The van der Waals surface area contributed by atoms with Gasteiger partial charge in [-0.2, -0.15) is 0 Å². The lowest BCUT2D eigenvalue weighted by Gasteiger charge is -2.15. The van der Waals surface area contributed by atoms with Gasteiger partial charge in [0.05, 0.1) is 12.0 Å². The first-order valence-corrected chi connectivity index (χ1v) is 4.72. The van der Waals surface area contributed by atoms with Crippen molar-refractivity contribution in [1.29, 1.82) is 0 Å². The Morgan fingerprint density at radius 3 is 2.00 bits per heavy atom. The van der Waals surface area contributed by atoms with Gasteiger partial charge in [-0.25, -0.2) is 8.78 Å². The van der Waals surface area contributed by atoms with Crippen LogP contribution in [-0.2, 0) is 4.79 Å². The van der Waals surface area contributed by atoms with Crippen LogP contribution >= 0.6 is 0 Å². The predicted octanol–water partition coefficient (Wildman–Crippen LogP) is 2.38. The SMILES string of the molecule is CC(C(=O)O)C(O)c1ccc(C(F)F)cc1. The number of alkyl halides is 2. The third-order valence-electron chi connectivity index (χ3n) is 2.39. The van der Waals surface area contributed by atoms with Gasteiger partial charge in [-0.3, -0.25) is 4.79 Å². The van der Waals surface area contributed by atoms with E-state index in [-0.39, 0.29) is 5.56 Å². The molecule has 0 aliphatic heterocycles. The summed E-state index contributed by atoms with van der Waals surface area (Å²) >= 11 is 0. The van der Waals surface area contributed by atoms with Crippen molar-refractivity contribution in [3.05, 3.63) is 35.4 Å². The van der Waals surface area contributed by atoms with Crippen LogP contribution < -0.4 is 0 Å². The Hall–Kier alpha value is -1.49. The van der Waals surface area contributed by atoms with E-state index in [1.54, 1.807) is 0 Å². The first-order valence-electron chi connectivity index (χ1n) is 4.72. The van der Waals surface area contributed by atoms with Gasteiger partial charge in [0.25, 0.3) is 6.43 Å². The third-order valence-corrected chi connectivity index (χ3v) is 2.39. The molecule has 2 unspecified atom stereocenters. The molecule has 16 heavy (non-hydrogen) atoms. The van der Waals surface area contributed by atoms with E-state index < -0.39 is 24.4 Å². The van der Waals surface area contributed by atoms with Crippen LogP contribution in [0.3, 0.4) is 0 Å². The van der Waals surface area contributed by atoms with Gasteiger partial charge < -0.3 is 10.2 Å². The molecule has 1 aromatic carbocycles. The summed E-state index contributed by atoms with van der Waals surface area (Å²) in [4.78, 5) is 10.6. The standard InChI is InChI=1S/C11H12F2O3/c1-6(11(15)16)9(14)7-2-4-8(5-3-7)10(12)13/h2-6,9-10,14H,1H3,(H,15,16). The number of halogens is 2. The van der Waals surface area contributed by atoms with Crippen LogP contribution in [0, 0.1) is 5.92 Å². The minimum atomic E-state index is -2.57. The summed E-state index contributed by atoms with van der Waals surface area (Å²) in [6, 6.07) is 4.98. The summed E-state index contributed by atoms with van der Waals surface area (Å²) in [5, 5.41) is 18.3. The Bertz CT molecular complexity index is 362. The molecular weight excluding hydrogens is 218 g/mol. The second kappa shape index (κ2) is 5.03. The average Bonchev–Trinajstić information content (AvgIpc) is 2.27. The Balaban J connectivity index is 2.85. The molecule has 2 atom stereocenters. The fourth-order valence-corrected chi connectivity index (χ4v) is 1.26. The number of carboxylic acids is 1. The largest absolute Gasteiger partial charge is 0.481 e. The van der Waals surface area contributed by atoms with Crippen molar-refractivity contribution in [3.63, 3.8) is 0 Å². The Labute approximate surface area is 91.3 Å². The van der Waals surface area contributed by atoms with E-state index >= 15 is 0 Å². The van der Waals surface area contributed by atoms with Crippen molar-refractivity contribution in [1.82, 2.24) is 0 Å². The van der Waals surface area contributed by atoms with E-state index in [1.165, 1.54) is 31.2 Å². The first kappa shape index (κ1) is 12.6. The molecular formula is C11H12F2O3. The topological polar surface area (TPSA) is 57.5 Å². The molecule has 2 N–H and O–H groups in total. The van der Waals surface area contributed by atoms with Crippen LogP contribution in [-0.4, -0.2) is 16.2 Å². The van der Waals surface area contributed by atoms with Gasteiger partial charge in [0.1, 0.15) is 0 Å². The van der Waals surface area contributed by atoms with Crippen molar-refractivity contribution < 1.29 is 23.8 Å². The van der Waals surface area contributed by atoms with Crippen molar-refractivity contribution in [2.24, 2.45) is 5.92 Å². The molecule has 5 heteroatoms. The molecule has 0 aliphatic carbocycles. The maximum absolute atomic E-state index is 12.2. The van der Waals surface area contributed by atoms with Gasteiger partial charge in [-0.15, -0.1) is 0 Å². The molecule has 0 fully saturated rings. The van der Waals surface area contributed by atoms with E-state index in [1.807, 2.05) is 0 Å². The molecule has 0 aliphatic rings. The summed E-state index contributed by atoms with van der Waals surface area (Å²) in [7, 11) is 0. The number of hydrogen-bond donors (Lipinski definition) is 2. The fourth-order valence-electron chi connectivity index (χ4n) is 1.26. The lowest BCUT2D eigenvalue weighted by molar-refractivity contribution is -0.145. The highest BCUT2D eigenvalue weighted by Crippen LogP contribution is 2.25. The summed E-state index contributed by atoms with van der Waals surface area (Å²) in [6.45, 7) is 1.36. The van der Waals surface area contributed by atoms with Crippen LogP contribution in [0.1, 0.15) is 30.6 Å². The predicted molar refractivity (Wildman–Crippen MR) is 53.2 cm³/mol. The van der Waals surface area contributed by atoms with Crippen molar-refractivity contribution in [2.75, 3.05) is 0 Å². The highest BCUT2D eigenvalue weighted by Gasteiger charge is 2.22. The summed E-state index contributed by atoms with van der Waals surface area (Å²) in [5.41, 5.74) is 0.165. The second-order valence-electron chi connectivity index (χ2n) is 3.54. The number of carbonyl (C=O) groups is 1. The summed E-state index contributed by atoms with van der Waals surface area (Å²) in [5.74, 6) is -2.11. The first-order chi connectivity index (χ1) is 7.43. The van der Waals surface area contributed by atoms with E-state index in [0.717, 1.165) is 0 Å². The molecule has 88 valence electrons. The Kier molecular flexibility index (Phi) is 3.95. The molecule has 0 spiro atoms. The molecule has 0 saturated carbocycles.